The van der Waals surface area contributed by atoms with Gasteiger partial charge in [-0.1, -0.05) is 53.0 Å². The van der Waals surface area contributed by atoms with Gasteiger partial charge in [-0.25, -0.2) is 18.1 Å². The molecule has 0 aliphatic carbocycles. The van der Waals surface area contributed by atoms with Crippen LogP contribution in [-0.4, -0.2) is 13.4 Å². The SMILES string of the molecule is Cc1nc(-c2ccccc2Cl)sc1CNS(=O)(=O)c1cc(Cl)ccc1Cl. The summed E-state index contributed by atoms with van der Waals surface area (Å²) in [4.78, 5) is 5.24. The summed E-state index contributed by atoms with van der Waals surface area (Å²) in [7, 11) is -3.81. The summed E-state index contributed by atoms with van der Waals surface area (Å²) >= 11 is 19.5. The second-order valence-corrected chi connectivity index (χ2v) is 9.48. The highest BCUT2D eigenvalue weighted by molar-refractivity contribution is 7.89. The van der Waals surface area contributed by atoms with Crippen molar-refractivity contribution < 1.29 is 8.42 Å². The number of hydrogen-bond acceptors (Lipinski definition) is 4. The van der Waals surface area contributed by atoms with Crippen LogP contribution in [0, 0.1) is 6.92 Å². The first-order valence-electron chi connectivity index (χ1n) is 7.44. The van der Waals surface area contributed by atoms with E-state index in [1.807, 2.05) is 25.1 Å². The molecular formula is C17H13Cl3N2O2S2. The summed E-state index contributed by atoms with van der Waals surface area (Å²) in [5, 5.41) is 1.74. The lowest BCUT2D eigenvalue weighted by molar-refractivity contribution is 0.581. The van der Waals surface area contributed by atoms with Gasteiger partial charge in [-0.15, -0.1) is 11.3 Å². The third-order valence-electron chi connectivity index (χ3n) is 3.60. The van der Waals surface area contributed by atoms with E-state index in [2.05, 4.69) is 9.71 Å². The molecule has 0 amide bonds. The lowest BCUT2D eigenvalue weighted by Gasteiger charge is -2.08. The molecule has 2 aromatic carbocycles. The predicted molar refractivity (Wildman–Crippen MR) is 108 cm³/mol. The first-order valence-corrected chi connectivity index (χ1v) is 10.9. The lowest BCUT2D eigenvalue weighted by Crippen LogP contribution is -2.23. The highest BCUT2D eigenvalue weighted by Gasteiger charge is 2.20. The van der Waals surface area contributed by atoms with Gasteiger partial charge in [0.2, 0.25) is 10.0 Å². The van der Waals surface area contributed by atoms with Crippen molar-refractivity contribution in [1.29, 1.82) is 0 Å². The van der Waals surface area contributed by atoms with Crippen LogP contribution in [-0.2, 0) is 16.6 Å². The van der Waals surface area contributed by atoms with Crippen LogP contribution < -0.4 is 4.72 Å². The number of rotatable bonds is 5. The standard InChI is InChI=1S/C17H13Cl3N2O2S2/c1-10-15(25-17(22-10)12-4-2-3-5-13(12)19)9-21-26(23,24)16-8-11(18)6-7-14(16)20/h2-8,21H,9H2,1H3. The van der Waals surface area contributed by atoms with Crippen LogP contribution in [0.2, 0.25) is 15.1 Å². The quantitative estimate of drug-likeness (QED) is 0.557. The Hall–Kier alpha value is -1.15. The van der Waals surface area contributed by atoms with Crippen molar-refractivity contribution >= 4 is 56.2 Å². The molecule has 26 heavy (non-hydrogen) atoms. The number of halogens is 3. The van der Waals surface area contributed by atoms with Crippen molar-refractivity contribution in [2.45, 2.75) is 18.4 Å². The molecule has 1 heterocycles. The topological polar surface area (TPSA) is 59.1 Å². The third-order valence-corrected chi connectivity index (χ3v) is 7.24. The number of nitrogens with one attached hydrogen (secondary N) is 1. The minimum absolute atomic E-state index is 0.0554. The van der Waals surface area contributed by atoms with Gasteiger partial charge < -0.3 is 0 Å². The van der Waals surface area contributed by atoms with Crippen LogP contribution in [0.25, 0.3) is 10.6 Å². The second-order valence-electron chi connectivity index (χ2n) is 5.41. The Bertz CT molecular complexity index is 1070. The van der Waals surface area contributed by atoms with E-state index in [4.69, 9.17) is 34.8 Å². The van der Waals surface area contributed by atoms with Crippen molar-refractivity contribution in [3.8, 4) is 10.6 Å². The maximum Gasteiger partial charge on any atom is 0.242 e. The normalized spacial score (nSPS) is 11.7. The Morgan fingerprint density at radius 2 is 1.81 bits per heavy atom. The molecule has 0 atom stereocenters. The van der Waals surface area contributed by atoms with Crippen LogP contribution in [0.15, 0.2) is 47.4 Å². The van der Waals surface area contributed by atoms with Crippen molar-refractivity contribution in [2.24, 2.45) is 0 Å². The van der Waals surface area contributed by atoms with E-state index in [0.29, 0.717) is 10.0 Å². The van der Waals surface area contributed by atoms with Crippen molar-refractivity contribution in [1.82, 2.24) is 9.71 Å². The number of hydrogen-bond donors (Lipinski definition) is 1. The van der Waals surface area contributed by atoms with Crippen LogP contribution >= 0.6 is 46.1 Å². The Morgan fingerprint density at radius 3 is 2.54 bits per heavy atom. The highest BCUT2D eigenvalue weighted by Crippen LogP contribution is 2.33. The van der Waals surface area contributed by atoms with Crippen molar-refractivity contribution in [3.63, 3.8) is 0 Å². The summed E-state index contributed by atoms with van der Waals surface area (Å²) in [6.45, 7) is 1.92. The minimum Gasteiger partial charge on any atom is -0.241 e. The zero-order valence-corrected chi connectivity index (χ0v) is 17.4. The molecule has 9 heteroatoms. The molecule has 0 aliphatic heterocycles. The fraction of sp³-hybridized carbons (Fsp3) is 0.118. The van der Waals surface area contributed by atoms with Crippen molar-refractivity contribution in [3.05, 3.63) is 68.1 Å². The number of aromatic nitrogens is 1. The largest absolute Gasteiger partial charge is 0.242 e. The maximum atomic E-state index is 12.5. The van der Waals surface area contributed by atoms with Gasteiger partial charge in [-0.3, -0.25) is 0 Å². The Labute approximate surface area is 170 Å². The zero-order chi connectivity index (χ0) is 18.9. The van der Waals surface area contributed by atoms with Gasteiger partial charge in [0.1, 0.15) is 9.90 Å². The van der Waals surface area contributed by atoms with Crippen molar-refractivity contribution in [2.75, 3.05) is 0 Å². The first-order chi connectivity index (χ1) is 12.3. The van der Waals surface area contributed by atoms with Gasteiger partial charge >= 0.3 is 0 Å². The molecule has 0 radical (unpaired) electrons. The average Bonchev–Trinajstić information content (AvgIpc) is 2.96. The molecule has 1 N–H and O–H groups in total. The monoisotopic (exact) mass is 446 g/mol. The smallest absolute Gasteiger partial charge is 0.241 e. The second kappa shape index (κ2) is 7.84. The Morgan fingerprint density at radius 1 is 1.08 bits per heavy atom. The van der Waals surface area contributed by atoms with E-state index < -0.39 is 10.0 Å². The molecule has 4 nitrogen and oxygen atoms in total. The maximum absolute atomic E-state index is 12.5. The highest BCUT2D eigenvalue weighted by atomic mass is 35.5. The van der Waals surface area contributed by atoms with Gasteiger partial charge in [-0.2, -0.15) is 0 Å². The Balaban J connectivity index is 1.84. The van der Waals surface area contributed by atoms with Gasteiger partial charge in [0, 0.05) is 22.0 Å². The molecule has 0 saturated carbocycles. The number of thiazole rings is 1. The van der Waals surface area contributed by atoms with Crippen LogP contribution in [0.5, 0.6) is 0 Å². The Kier molecular flexibility index (Phi) is 5.91. The zero-order valence-electron chi connectivity index (χ0n) is 13.5. The van der Waals surface area contributed by atoms with E-state index in [1.165, 1.54) is 29.5 Å². The minimum atomic E-state index is -3.81. The van der Waals surface area contributed by atoms with Gasteiger partial charge in [0.15, 0.2) is 0 Å². The molecule has 0 saturated heterocycles. The molecular weight excluding hydrogens is 435 g/mol. The molecule has 0 bridgehead atoms. The molecule has 0 unspecified atom stereocenters. The number of nitrogens with zero attached hydrogens (tertiary/aromatic N) is 1. The van der Waals surface area contributed by atoms with E-state index in [0.717, 1.165) is 21.1 Å². The first kappa shape index (κ1) is 19.6. The van der Waals surface area contributed by atoms with E-state index in [-0.39, 0.29) is 16.5 Å². The van der Waals surface area contributed by atoms with Gasteiger partial charge in [0.25, 0.3) is 0 Å². The molecule has 136 valence electrons. The van der Waals surface area contributed by atoms with Crippen LogP contribution in [0.3, 0.4) is 0 Å². The van der Waals surface area contributed by atoms with Gasteiger partial charge in [0.05, 0.1) is 15.7 Å². The van der Waals surface area contributed by atoms with Crippen LogP contribution in [0.4, 0.5) is 0 Å². The summed E-state index contributed by atoms with van der Waals surface area (Å²) in [6.07, 6.45) is 0. The summed E-state index contributed by atoms with van der Waals surface area (Å²) < 4.78 is 27.6. The molecule has 3 rings (SSSR count). The third kappa shape index (κ3) is 4.22. The number of aryl methyl sites for hydroxylation is 1. The number of sulfonamides is 1. The molecule has 3 aromatic rings. The molecule has 0 fully saturated rings. The van der Waals surface area contributed by atoms with E-state index in [9.17, 15) is 8.42 Å². The summed E-state index contributed by atoms with van der Waals surface area (Å²) in [6, 6.07) is 11.7. The fourth-order valence-electron chi connectivity index (χ4n) is 2.26. The van der Waals surface area contributed by atoms with Gasteiger partial charge in [-0.05, 0) is 31.2 Å². The summed E-state index contributed by atoms with van der Waals surface area (Å²) in [5.74, 6) is 0. The average molecular weight is 448 g/mol. The van der Waals surface area contributed by atoms with E-state index >= 15 is 0 Å². The lowest BCUT2D eigenvalue weighted by atomic mass is 10.2. The van der Waals surface area contributed by atoms with E-state index in [1.54, 1.807) is 6.07 Å². The van der Waals surface area contributed by atoms with Crippen LogP contribution in [0.1, 0.15) is 10.6 Å². The predicted octanol–water partition coefficient (Wildman–Crippen LogP) is 5.56. The molecule has 0 spiro atoms. The molecule has 0 aliphatic rings. The fourth-order valence-corrected chi connectivity index (χ4v) is 5.43. The molecule has 1 aromatic heterocycles. The summed E-state index contributed by atoms with van der Waals surface area (Å²) in [5.41, 5.74) is 1.55. The number of benzene rings is 2.